The number of hydrogen-bond acceptors (Lipinski definition) is 9. The van der Waals surface area contributed by atoms with E-state index in [1.807, 2.05) is 36.4 Å². The molecule has 2 aromatic carbocycles. The Kier molecular flexibility index (Phi) is 8.60. The molecule has 5 atom stereocenters. The number of nitrogens with zero attached hydrogens (tertiary/aromatic N) is 4. The molecule has 4 aliphatic rings. The summed E-state index contributed by atoms with van der Waals surface area (Å²) in [6.45, 7) is 0.544. The molecule has 3 aromatic rings. The van der Waals surface area contributed by atoms with Gasteiger partial charge in [0.2, 0.25) is 27.7 Å². The van der Waals surface area contributed by atoms with Crippen molar-refractivity contribution < 1.29 is 27.5 Å². The van der Waals surface area contributed by atoms with Crippen LogP contribution in [-0.2, 0) is 24.4 Å². The van der Waals surface area contributed by atoms with Gasteiger partial charge in [0.05, 0.1) is 39.6 Å². The first-order valence-corrected chi connectivity index (χ1v) is 18.4. The maximum Gasteiger partial charge on any atom is 0.259 e. The molecular weight excluding hydrogens is 644 g/mol. The minimum atomic E-state index is -3.83. The highest BCUT2D eigenvalue weighted by Crippen LogP contribution is 2.47. The van der Waals surface area contributed by atoms with Gasteiger partial charge in [-0.25, -0.2) is 13.4 Å². The SMILES string of the molecule is CN1CCCC/C=C\C2C[C@@]2(C(=O)NS(=O)(=O)C2CC2)NC(=O)[C@@H]2C[C@@H](Oc3nc(-c4ccc(C#N)cc4)nc4ccccc34)C[C@H]2C1=O. The Morgan fingerprint density at radius 2 is 1.82 bits per heavy atom. The highest BCUT2D eigenvalue weighted by molar-refractivity contribution is 7.91. The smallest absolute Gasteiger partial charge is 0.259 e. The highest BCUT2D eigenvalue weighted by Gasteiger charge is 2.62. The van der Waals surface area contributed by atoms with E-state index in [1.54, 1.807) is 36.2 Å². The molecule has 13 heteroatoms. The van der Waals surface area contributed by atoms with Crippen molar-refractivity contribution in [2.45, 2.75) is 68.3 Å². The maximum absolute atomic E-state index is 14.1. The van der Waals surface area contributed by atoms with Crippen molar-refractivity contribution >= 4 is 38.6 Å². The third kappa shape index (κ3) is 6.62. The molecule has 3 aliphatic carbocycles. The third-order valence-electron chi connectivity index (χ3n) is 10.1. The molecule has 0 bridgehead atoms. The molecule has 2 heterocycles. The van der Waals surface area contributed by atoms with Gasteiger partial charge in [-0.05, 0) is 87.8 Å². The fourth-order valence-corrected chi connectivity index (χ4v) is 8.37. The van der Waals surface area contributed by atoms with Gasteiger partial charge in [0.1, 0.15) is 11.6 Å². The molecule has 7 rings (SSSR count). The lowest BCUT2D eigenvalue weighted by Crippen LogP contribution is -2.54. The van der Waals surface area contributed by atoms with Gasteiger partial charge < -0.3 is 15.0 Å². The van der Waals surface area contributed by atoms with Crippen molar-refractivity contribution in [2.75, 3.05) is 13.6 Å². The fourth-order valence-electron chi connectivity index (χ4n) is 7.01. The Labute approximate surface area is 285 Å². The fraction of sp³-hybridized carbons (Fsp3) is 0.444. The van der Waals surface area contributed by atoms with Crippen molar-refractivity contribution in [2.24, 2.45) is 17.8 Å². The summed E-state index contributed by atoms with van der Waals surface area (Å²) in [4.78, 5) is 52.7. The van der Waals surface area contributed by atoms with Crippen molar-refractivity contribution in [1.29, 1.82) is 5.26 Å². The van der Waals surface area contributed by atoms with E-state index in [2.05, 4.69) is 16.1 Å². The van der Waals surface area contributed by atoms with E-state index in [9.17, 15) is 28.1 Å². The number of aromatic nitrogens is 2. The predicted molar refractivity (Wildman–Crippen MR) is 180 cm³/mol. The number of rotatable bonds is 6. The predicted octanol–water partition coefficient (Wildman–Crippen LogP) is 3.62. The first-order valence-electron chi connectivity index (χ1n) is 16.8. The lowest BCUT2D eigenvalue weighted by Gasteiger charge is -2.26. The number of carbonyl (C=O) groups is 3. The van der Waals surface area contributed by atoms with Crippen LogP contribution in [0, 0.1) is 29.1 Å². The van der Waals surface area contributed by atoms with Crippen LogP contribution in [0.25, 0.3) is 22.3 Å². The number of para-hydroxylation sites is 1. The van der Waals surface area contributed by atoms with Gasteiger partial charge in [-0.3, -0.25) is 19.1 Å². The Balaban J connectivity index is 1.18. The van der Waals surface area contributed by atoms with E-state index in [-0.39, 0.29) is 31.1 Å². The standard InChI is InChI=1S/C36H38N6O6S/c1-42-17-7-3-2-4-8-24-20-36(24,35(45)41-49(46,47)26-15-16-26)40-32(43)28-18-25(19-29(28)34(42)44)48-33-27-9-5-6-10-30(27)38-31(39-33)23-13-11-22(21-37)12-14-23/h4-6,8-14,24-26,28-29H,2-3,7,15-20H2,1H3,(H,40,43)(H,41,45)/b8-4-/t24?,25-,28-,29-,36-/m1/s1. The lowest BCUT2D eigenvalue weighted by atomic mass is 9.93. The Morgan fingerprint density at radius 1 is 1.06 bits per heavy atom. The molecule has 3 saturated carbocycles. The minimum absolute atomic E-state index is 0.174. The van der Waals surface area contributed by atoms with E-state index in [1.165, 1.54) is 0 Å². The molecule has 3 amide bonds. The van der Waals surface area contributed by atoms with E-state index in [4.69, 9.17) is 14.7 Å². The van der Waals surface area contributed by atoms with E-state index >= 15 is 0 Å². The zero-order valence-electron chi connectivity index (χ0n) is 27.2. The lowest BCUT2D eigenvalue weighted by molar-refractivity contribution is -0.140. The number of fused-ring (bicyclic) bond motifs is 3. The Morgan fingerprint density at radius 3 is 2.57 bits per heavy atom. The van der Waals surface area contributed by atoms with Crippen molar-refractivity contribution in [1.82, 2.24) is 24.9 Å². The molecular formula is C36H38N6O6S. The molecule has 12 nitrogen and oxygen atoms in total. The Hall–Kier alpha value is -4.83. The summed E-state index contributed by atoms with van der Waals surface area (Å²) < 4.78 is 34.2. The largest absolute Gasteiger partial charge is 0.474 e. The molecule has 1 aromatic heterocycles. The summed E-state index contributed by atoms with van der Waals surface area (Å²) in [5, 5.41) is 12.2. The normalized spacial score (nSPS) is 28.0. The van der Waals surface area contributed by atoms with Gasteiger partial charge in [0.25, 0.3) is 5.91 Å². The zero-order valence-corrected chi connectivity index (χ0v) is 28.0. The average molecular weight is 683 g/mol. The van der Waals surface area contributed by atoms with Crippen molar-refractivity contribution in [3.63, 3.8) is 0 Å². The van der Waals surface area contributed by atoms with E-state index < -0.39 is 50.6 Å². The number of sulfonamides is 1. The number of amides is 3. The summed E-state index contributed by atoms with van der Waals surface area (Å²) >= 11 is 0. The molecule has 1 aliphatic heterocycles. The number of nitrogens with one attached hydrogen (secondary N) is 2. The number of ether oxygens (including phenoxy) is 1. The van der Waals surface area contributed by atoms with Gasteiger partial charge in [-0.2, -0.15) is 10.2 Å². The molecule has 0 saturated heterocycles. The van der Waals surface area contributed by atoms with E-state index in [0.717, 1.165) is 19.3 Å². The van der Waals surface area contributed by atoms with Crippen LogP contribution < -0.4 is 14.8 Å². The van der Waals surface area contributed by atoms with Crippen LogP contribution >= 0.6 is 0 Å². The van der Waals surface area contributed by atoms with Crippen LogP contribution in [0.15, 0.2) is 60.7 Å². The quantitative estimate of drug-likeness (QED) is 0.369. The average Bonchev–Trinajstić information content (AvgIpc) is 4.02. The second-order valence-electron chi connectivity index (χ2n) is 13.6. The molecule has 2 N–H and O–H groups in total. The summed E-state index contributed by atoms with van der Waals surface area (Å²) in [6.07, 6.45) is 7.39. The second-order valence-corrected chi connectivity index (χ2v) is 15.6. The van der Waals surface area contributed by atoms with E-state index in [0.29, 0.717) is 53.1 Å². The van der Waals surface area contributed by atoms with Crippen LogP contribution in [0.1, 0.15) is 56.9 Å². The maximum atomic E-state index is 14.1. The topological polar surface area (TPSA) is 171 Å². The van der Waals surface area contributed by atoms with Crippen LogP contribution in [-0.4, -0.2) is 71.5 Å². The van der Waals surface area contributed by atoms with Crippen LogP contribution in [0.4, 0.5) is 0 Å². The third-order valence-corrected chi connectivity index (χ3v) is 11.9. The number of carbonyl (C=O) groups excluding carboxylic acids is 3. The monoisotopic (exact) mass is 682 g/mol. The summed E-state index contributed by atoms with van der Waals surface area (Å²) in [5.41, 5.74) is 0.456. The molecule has 1 unspecified atom stereocenters. The minimum Gasteiger partial charge on any atom is -0.474 e. The van der Waals surface area contributed by atoms with Gasteiger partial charge >= 0.3 is 0 Å². The molecule has 0 spiro atoms. The first kappa shape index (κ1) is 32.7. The van der Waals surface area contributed by atoms with Gasteiger partial charge in [0.15, 0.2) is 5.82 Å². The Bertz CT molecular complexity index is 1990. The molecule has 3 fully saturated rings. The second kappa shape index (κ2) is 12.9. The first-order chi connectivity index (χ1) is 23.6. The zero-order chi connectivity index (χ0) is 34.3. The number of hydrogen-bond donors (Lipinski definition) is 2. The van der Waals surface area contributed by atoms with Crippen LogP contribution in [0.5, 0.6) is 5.88 Å². The summed E-state index contributed by atoms with van der Waals surface area (Å²) in [6, 6.07) is 16.4. The molecule has 254 valence electrons. The molecule has 0 radical (unpaired) electrons. The number of nitriles is 1. The molecule has 49 heavy (non-hydrogen) atoms. The number of allylic oxidation sites excluding steroid dienone is 1. The van der Waals surface area contributed by atoms with Gasteiger partial charge in [-0.1, -0.05) is 24.3 Å². The summed E-state index contributed by atoms with van der Waals surface area (Å²) in [5.74, 6) is -2.55. The van der Waals surface area contributed by atoms with Gasteiger partial charge in [0, 0.05) is 25.1 Å². The van der Waals surface area contributed by atoms with Crippen molar-refractivity contribution in [3.8, 4) is 23.3 Å². The number of benzene rings is 2. The van der Waals surface area contributed by atoms with Crippen LogP contribution in [0.2, 0.25) is 0 Å². The van der Waals surface area contributed by atoms with Crippen molar-refractivity contribution in [3.05, 3.63) is 66.2 Å². The van der Waals surface area contributed by atoms with Crippen LogP contribution in [0.3, 0.4) is 0 Å². The summed E-state index contributed by atoms with van der Waals surface area (Å²) in [7, 11) is -2.09. The van der Waals surface area contributed by atoms with Gasteiger partial charge in [-0.15, -0.1) is 0 Å². The highest BCUT2D eigenvalue weighted by atomic mass is 32.2.